The maximum atomic E-state index is 11.1. The maximum absolute atomic E-state index is 11.1. The van der Waals surface area contributed by atoms with E-state index >= 15 is 0 Å². The molecule has 1 N–H and O–H groups in total. The molecule has 0 atom stereocenters. The van der Waals surface area contributed by atoms with E-state index in [9.17, 15) is 4.79 Å². The van der Waals surface area contributed by atoms with Crippen molar-refractivity contribution < 1.29 is 9.90 Å². The van der Waals surface area contributed by atoms with Crippen molar-refractivity contribution in [1.29, 1.82) is 0 Å². The van der Waals surface area contributed by atoms with Crippen molar-refractivity contribution in [3.05, 3.63) is 52.8 Å². The van der Waals surface area contributed by atoms with Crippen molar-refractivity contribution in [2.24, 2.45) is 0 Å². The molecule has 0 unspecified atom stereocenters. The molecule has 17 heavy (non-hydrogen) atoms. The van der Waals surface area contributed by atoms with Gasteiger partial charge in [-0.25, -0.2) is 4.79 Å². The number of pyridine rings is 1. The van der Waals surface area contributed by atoms with Gasteiger partial charge < -0.3 is 5.11 Å². The van der Waals surface area contributed by atoms with Crippen molar-refractivity contribution in [3.8, 4) is 11.1 Å². The molecule has 3 nitrogen and oxygen atoms in total. The van der Waals surface area contributed by atoms with Crippen LogP contribution in [0.4, 0.5) is 0 Å². The van der Waals surface area contributed by atoms with Crippen LogP contribution < -0.4 is 0 Å². The van der Waals surface area contributed by atoms with Crippen molar-refractivity contribution in [2.75, 3.05) is 0 Å². The maximum Gasteiger partial charge on any atom is 0.336 e. The summed E-state index contributed by atoms with van der Waals surface area (Å²) >= 11 is 5.94. The highest BCUT2D eigenvalue weighted by Gasteiger charge is 2.11. The molecule has 0 aliphatic heterocycles. The zero-order valence-electron chi connectivity index (χ0n) is 9.14. The second-order valence-electron chi connectivity index (χ2n) is 3.69. The molecule has 1 aromatic carbocycles. The summed E-state index contributed by atoms with van der Waals surface area (Å²) < 4.78 is 0. The number of aromatic carboxylic acids is 1. The highest BCUT2D eigenvalue weighted by molar-refractivity contribution is 6.31. The summed E-state index contributed by atoms with van der Waals surface area (Å²) in [7, 11) is 0. The second kappa shape index (κ2) is 4.55. The van der Waals surface area contributed by atoms with Crippen molar-refractivity contribution >= 4 is 17.6 Å². The van der Waals surface area contributed by atoms with Gasteiger partial charge in [0.15, 0.2) is 0 Å². The molecule has 0 saturated heterocycles. The fourth-order valence-electron chi connectivity index (χ4n) is 1.62. The van der Waals surface area contributed by atoms with Crippen LogP contribution in [0.3, 0.4) is 0 Å². The minimum Gasteiger partial charge on any atom is -0.478 e. The lowest BCUT2D eigenvalue weighted by molar-refractivity contribution is 0.0697. The Morgan fingerprint density at radius 3 is 2.76 bits per heavy atom. The zero-order chi connectivity index (χ0) is 12.4. The molecule has 1 aromatic heterocycles. The zero-order valence-corrected chi connectivity index (χ0v) is 9.90. The van der Waals surface area contributed by atoms with Gasteiger partial charge in [0.1, 0.15) is 0 Å². The van der Waals surface area contributed by atoms with Gasteiger partial charge in [-0.1, -0.05) is 17.7 Å². The molecular formula is C13H10ClNO2. The van der Waals surface area contributed by atoms with E-state index in [1.807, 2.05) is 13.0 Å². The number of benzene rings is 1. The van der Waals surface area contributed by atoms with Crippen molar-refractivity contribution in [3.63, 3.8) is 0 Å². The Bertz CT molecular complexity index is 581. The standard InChI is InChI=1S/C13H10ClNO2/c1-8-6-9(2-3-12(8)14)11-7-15-5-4-10(11)13(16)17/h2-7H,1H3,(H,16,17). The van der Waals surface area contributed by atoms with Crippen LogP contribution in [-0.2, 0) is 0 Å². The summed E-state index contributed by atoms with van der Waals surface area (Å²) in [4.78, 5) is 15.1. The monoisotopic (exact) mass is 247 g/mol. The molecule has 2 aromatic rings. The quantitative estimate of drug-likeness (QED) is 0.885. The van der Waals surface area contributed by atoms with E-state index in [0.29, 0.717) is 10.6 Å². The first-order valence-electron chi connectivity index (χ1n) is 5.03. The Balaban J connectivity index is 2.60. The van der Waals surface area contributed by atoms with Crippen molar-refractivity contribution in [1.82, 2.24) is 4.98 Å². The summed E-state index contributed by atoms with van der Waals surface area (Å²) in [6, 6.07) is 6.89. The van der Waals surface area contributed by atoms with E-state index in [2.05, 4.69) is 4.98 Å². The number of rotatable bonds is 2. The Morgan fingerprint density at radius 1 is 1.35 bits per heavy atom. The first-order valence-corrected chi connectivity index (χ1v) is 5.41. The fraction of sp³-hybridized carbons (Fsp3) is 0.0769. The third-order valence-electron chi connectivity index (χ3n) is 2.52. The number of hydrogen-bond donors (Lipinski definition) is 1. The van der Waals surface area contributed by atoms with Gasteiger partial charge in [-0.05, 0) is 36.2 Å². The molecule has 4 heteroatoms. The summed E-state index contributed by atoms with van der Waals surface area (Å²) in [6.07, 6.45) is 3.02. The molecule has 0 amide bonds. The lowest BCUT2D eigenvalue weighted by Crippen LogP contribution is -2.00. The van der Waals surface area contributed by atoms with E-state index in [1.165, 1.54) is 12.3 Å². The highest BCUT2D eigenvalue weighted by atomic mass is 35.5. The predicted molar refractivity (Wildman–Crippen MR) is 66.4 cm³/mol. The molecule has 0 bridgehead atoms. The molecule has 2 rings (SSSR count). The molecule has 0 saturated carbocycles. The van der Waals surface area contributed by atoms with Crippen molar-refractivity contribution in [2.45, 2.75) is 6.92 Å². The topological polar surface area (TPSA) is 50.2 Å². The lowest BCUT2D eigenvalue weighted by atomic mass is 10.0. The minimum absolute atomic E-state index is 0.238. The van der Waals surface area contributed by atoms with Crippen LogP contribution >= 0.6 is 11.6 Å². The Labute approximate surface area is 104 Å². The minimum atomic E-state index is -0.963. The number of hydrogen-bond acceptors (Lipinski definition) is 2. The van der Waals surface area contributed by atoms with E-state index in [1.54, 1.807) is 18.3 Å². The average molecular weight is 248 g/mol. The van der Waals surface area contributed by atoms with Gasteiger partial charge >= 0.3 is 5.97 Å². The lowest BCUT2D eigenvalue weighted by Gasteiger charge is -2.07. The number of halogens is 1. The Morgan fingerprint density at radius 2 is 2.12 bits per heavy atom. The summed E-state index contributed by atoms with van der Waals surface area (Å²) in [5, 5.41) is 9.76. The van der Waals surface area contributed by atoms with Crippen LogP contribution in [0.25, 0.3) is 11.1 Å². The van der Waals surface area contributed by atoms with Gasteiger partial charge in [0, 0.05) is 23.0 Å². The van der Waals surface area contributed by atoms with Gasteiger partial charge in [0.05, 0.1) is 5.56 Å². The van der Waals surface area contributed by atoms with E-state index in [0.717, 1.165) is 11.1 Å². The van der Waals surface area contributed by atoms with E-state index in [4.69, 9.17) is 16.7 Å². The molecule has 0 spiro atoms. The molecule has 86 valence electrons. The first kappa shape index (κ1) is 11.6. The van der Waals surface area contributed by atoms with Crippen LogP contribution in [0.15, 0.2) is 36.7 Å². The summed E-state index contributed by atoms with van der Waals surface area (Å²) in [5.41, 5.74) is 2.54. The fourth-order valence-corrected chi connectivity index (χ4v) is 1.74. The number of nitrogens with zero attached hydrogens (tertiary/aromatic N) is 1. The molecular weight excluding hydrogens is 238 g/mol. The molecule has 1 heterocycles. The van der Waals surface area contributed by atoms with Crippen LogP contribution in [0.5, 0.6) is 0 Å². The number of carbonyl (C=O) groups is 1. The van der Waals surface area contributed by atoms with Crippen LogP contribution in [0.1, 0.15) is 15.9 Å². The van der Waals surface area contributed by atoms with E-state index in [-0.39, 0.29) is 5.56 Å². The number of carboxylic acid groups (broad SMARTS) is 1. The van der Waals surface area contributed by atoms with Crippen LogP contribution in [-0.4, -0.2) is 16.1 Å². The molecule has 0 aliphatic rings. The smallest absolute Gasteiger partial charge is 0.336 e. The van der Waals surface area contributed by atoms with Gasteiger partial charge in [0.2, 0.25) is 0 Å². The molecule has 0 fully saturated rings. The van der Waals surface area contributed by atoms with Gasteiger partial charge in [0.25, 0.3) is 0 Å². The summed E-state index contributed by atoms with van der Waals surface area (Å²) in [5.74, 6) is -0.963. The third kappa shape index (κ3) is 2.29. The van der Waals surface area contributed by atoms with Gasteiger partial charge in [-0.3, -0.25) is 4.98 Å². The highest BCUT2D eigenvalue weighted by Crippen LogP contribution is 2.26. The largest absolute Gasteiger partial charge is 0.478 e. The third-order valence-corrected chi connectivity index (χ3v) is 2.94. The van der Waals surface area contributed by atoms with Crippen LogP contribution in [0.2, 0.25) is 5.02 Å². The number of aryl methyl sites for hydroxylation is 1. The number of carboxylic acids is 1. The summed E-state index contributed by atoms with van der Waals surface area (Å²) in [6.45, 7) is 1.88. The van der Waals surface area contributed by atoms with Crippen LogP contribution in [0, 0.1) is 6.92 Å². The number of aromatic nitrogens is 1. The molecule has 0 radical (unpaired) electrons. The van der Waals surface area contributed by atoms with E-state index < -0.39 is 5.97 Å². The average Bonchev–Trinajstić information content (AvgIpc) is 2.32. The van der Waals surface area contributed by atoms with Gasteiger partial charge in [-0.2, -0.15) is 0 Å². The Hall–Kier alpha value is -1.87. The Kier molecular flexibility index (Phi) is 3.11. The van der Waals surface area contributed by atoms with Gasteiger partial charge in [-0.15, -0.1) is 0 Å². The molecule has 0 aliphatic carbocycles. The second-order valence-corrected chi connectivity index (χ2v) is 4.10. The SMILES string of the molecule is Cc1cc(-c2cnccc2C(=O)O)ccc1Cl. The first-order chi connectivity index (χ1) is 8.09. The normalized spacial score (nSPS) is 10.2. The predicted octanol–water partition coefficient (Wildman–Crippen LogP) is 3.41.